The Morgan fingerprint density at radius 3 is 2.67 bits per heavy atom. The zero-order valence-electron chi connectivity index (χ0n) is 7.13. The van der Waals surface area contributed by atoms with Crippen molar-refractivity contribution >= 4 is 11.6 Å². The number of nitriles is 1. The van der Waals surface area contributed by atoms with Crippen molar-refractivity contribution in [3.05, 3.63) is 34.3 Å². The second-order valence-corrected chi connectivity index (χ2v) is 3.29. The van der Waals surface area contributed by atoms with Gasteiger partial charge in [0.25, 0.3) is 0 Å². The molecule has 0 aliphatic carbocycles. The predicted molar refractivity (Wildman–Crippen MR) is 50.2 cm³/mol. The molecule has 1 rings (SSSR count). The topological polar surface area (TPSA) is 23.8 Å². The van der Waals surface area contributed by atoms with E-state index in [-0.39, 0.29) is 5.92 Å². The van der Waals surface area contributed by atoms with Gasteiger partial charge in [0, 0.05) is 5.02 Å². The fourth-order valence-electron chi connectivity index (χ4n) is 1.19. The van der Waals surface area contributed by atoms with Crippen molar-refractivity contribution in [3.8, 4) is 6.07 Å². The number of benzene rings is 1. The van der Waals surface area contributed by atoms with Crippen LogP contribution in [0.5, 0.6) is 0 Å². The van der Waals surface area contributed by atoms with E-state index in [1.807, 2.05) is 32.0 Å². The van der Waals surface area contributed by atoms with E-state index < -0.39 is 0 Å². The van der Waals surface area contributed by atoms with Crippen LogP contribution in [0, 0.1) is 18.3 Å². The van der Waals surface area contributed by atoms with Crippen LogP contribution in [0.3, 0.4) is 0 Å². The quantitative estimate of drug-likeness (QED) is 0.649. The van der Waals surface area contributed by atoms with E-state index in [9.17, 15) is 0 Å². The fourth-order valence-corrected chi connectivity index (χ4v) is 1.42. The lowest BCUT2D eigenvalue weighted by atomic mass is 9.98. The van der Waals surface area contributed by atoms with Crippen molar-refractivity contribution in [2.75, 3.05) is 0 Å². The van der Waals surface area contributed by atoms with E-state index >= 15 is 0 Å². The standard InChI is InChI=1S/C10H10ClN/c1-7-5-9(11)3-4-10(7)8(2)6-12/h3-5,8H,1-2H3. The fraction of sp³-hybridized carbons (Fsp3) is 0.300. The van der Waals surface area contributed by atoms with Gasteiger partial charge in [-0.25, -0.2) is 0 Å². The SMILES string of the molecule is Cc1cc(Cl)ccc1C(C)C#N. The van der Waals surface area contributed by atoms with Crippen LogP contribution in [0.25, 0.3) is 0 Å². The minimum Gasteiger partial charge on any atom is -0.198 e. The lowest BCUT2D eigenvalue weighted by molar-refractivity contribution is 0.966. The molecule has 0 aliphatic rings. The van der Waals surface area contributed by atoms with E-state index in [1.54, 1.807) is 0 Å². The number of nitrogens with zero attached hydrogens (tertiary/aromatic N) is 1. The molecule has 62 valence electrons. The van der Waals surface area contributed by atoms with E-state index in [0.717, 1.165) is 16.1 Å². The molecule has 0 saturated carbocycles. The molecule has 2 heteroatoms. The predicted octanol–water partition coefficient (Wildman–Crippen LogP) is 3.28. The smallest absolute Gasteiger partial charge is 0.0700 e. The summed E-state index contributed by atoms with van der Waals surface area (Å²) in [5.74, 6) is -0.0535. The molecule has 0 amide bonds. The summed E-state index contributed by atoms with van der Waals surface area (Å²) < 4.78 is 0. The molecule has 0 bridgehead atoms. The number of halogens is 1. The molecular weight excluding hydrogens is 170 g/mol. The van der Waals surface area contributed by atoms with Crippen molar-refractivity contribution in [1.29, 1.82) is 5.26 Å². The van der Waals surface area contributed by atoms with Gasteiger partial charge >= 0.3 is 0 Å². The first-order valence-electron chi connectivity index (χ1n) is 3.81. The Bertz CT molecular complexity index is 325. The second-order valence-electron chi connectivity index (χ2n) is 2.85. The highest BCUT2D eigenvalue weighted by molar-refractivity contribution is 6.30. The Hall–Kier alpha value is -1.00. The second kappa shape index (κ2) is 3.60. The first kappa shape index (κ1) is 9.09. The normalized spacial score (nSPS) is 12.2. The van der Waals surface area contributed by atoms with Gasteiger partial charge in [-0.2, -0.15) is 5.26 Å². The largest absolute Gasteiger partial charge is 0.198 e. The van der Waals surface area contributed by atoms with Gasteiger partial charge in [-0.1, -0.05) is 17.7 Å². The van der Waals surface area contributed by atoms with Crippen molar-refractivity contribution in [1.82, 2.24) is 0 Å². The average molecular weight is 180 g/mol. The molecule has 1 aromatic carbocycles. The molecule has 1 aromatic rings. The van der Waals surface area contributed by atoms with Crippen LogP contribution in [0.2, 0.25) is 5.02 Å². The zero-order valence-corrected chi connectivity index (χ0v) is 7.89. The third-order valence-electron chi connectivity index (χ3n) is 1.89. The third kappa shape index (κ3) is 1.78. The van der Waals surface area contributed by atoms with Gasteiger partial charge in [0.15, 0.2) is 0 Å². The van der Waals surface area contributed by atoms with Crippen molar-refractivity contribution in [2.45, 2.75) is 19.8 Å². The Balaban J connectivity index is 3.11. The summed E-state index contributed by atoms with van der Waals surface area (Å²) in [6.45, 7) is 3.85. The summed E-state index contributed by atoms with van der Waals surface area (Å²) in [5, 5.41) is 9.42. The molecule has 0 aromatic heterocycles. The van der Waals surface area contributed by atoms with Crippen LogP contribution in [0.15, 0.2) is 18.2 Å². The first-order valence-corrected chi connectivity index (χ1v) is 4.18. The zero-order chi connectivity index (χ0) is 9.14. The maximum atomic E-state index is 8.70. The summed E-state index contributed by atoms with van der Waals surface area (Å²) in [6, 6.07) is 7.80. The summed E-state index contributed by atoms with van der Waals surface area (Å²) >= 11 is 5.78. The lowest BCUT2D eigenvalue weighted by Crippen LogP contribution is -1.92. The number of aryl methyl sites for hydroxylation is 1. The summed E-state index contributed by atoms with van der Waals surface area (Å²) in [6.07, 6.45) is 0. The monoisotopic (exact) mass is 179 g/mol. The number of hydrogen-bond acceptors (Lipinski definition) is 1. The maximum absolute atomic E-state index is 8.70. The molecule has 0 saturated heterocycles. The van der Waals surface area contributed by atoms with E-state index in [2.05, 4.69) is 6.07 Å². The van der Waals surface area contributed by atoms with Crippen LogP contribution in [-0.2, 0) is 0 Å². The molecule has 0 aliphatic heterocycles. The van der Waals surface area contributed by atoms with Crippen LogP contribution >= 0.6 is 11.6 Å². The van der Waals surface area contributed by atoms with Gasteiger partial charge in [-0.15, -0.1) is 0 Å². The van der Waals surface area contributed by atoms with Crippen molar-refractivity contribution < 1.29 is 0 Å². The van der Waals surface area contributed by atoms with Crippen LogP contribution in [-0.4, -0.2) is 0 Å². The van der Waals surface area contributed by atoms with Crippen LogP contribution < -0.4 is 0 Å². The van der Waals surface area contributed by atoms with Gasteiger partial charge in [-0.3, -0.25) is 0 Å². The number of hydrogen-bond donors (Lipinski definition) is 0. The van der Waals surface area contributed by atoms with E-state index in [0.29, 0.717) is 0 Å². The molecule has 0 fully saturated rings. The van der Waals surface area contributed by atoms with Gasteiger partial charge < -0.3 is 0 Å². The van der Waals surface area contributed by atoms with Crippen molar-refractivity contribution in [2.24, 2.45) is 0 Å². The summed E-state index contributed by atoms with van der Waals surface area (Å²) in [4.78, 5) is 0. The Morgan fingerprint density at radius 2 is 2.17 bits per heavy atom. The maximum Gasteiger partial charge on any atom is 0.0700 e. The van der Waals surface area contributed by atoms with E-state index in [4.69, 9.17) is 16.9 Å². The van der Waals surface area contributed by atoms with Crippen molar-refractivity contribution in [3.63, 3.8) is 0 Å². The molecule has 0 spiro atoms. The Labute approximate surface area is 77.6 Å². The highest BCUT2D eigenvalue weighted by Gasteiger charge is 2.06. The number of rotatable bonds is 1. The molecule has 0 heterocycles. The molecule has 1 nitrogen and oxygen atoms in total. The third-order valence-corrected chi connectivity index (χ3v) is 2.13. The minimum absolute atomic E-state index is 0.0535. The highest BCUT2D eigenvalue weighted by atomic mass is 35.5. The summed E-state index contributed by atoms with van der Waals surface area (Å²) in [7, 11) is 0. The first-order chi connectivity index (χ1) is 5.65. The highest BCUT2D eigenvalue weighted by Crippen LogP contribution is 2.21. The molecule has 0 radical (unpaired) electrons. The average Bonchev–Trinajstić information content (AvgIpc) is 2.03. The lowest BCUT2D eigenvalue weighted by Gasteiger charge is -2.06. The molecule has 1 unspecified atom stereocenters. The van der Waals surface area contributed by atoms with Gasteiger partial charge in [0.1, 0.15) is 0 Å². The van der Waals surface area contributed by atoms with Gasteiger partial charge in [0.2, 0.25) is 0 Å². The van der Waals surface area contributed by atoms with E-state index in [1.165, 1.54) is 0 Å². The molecule has 0 N–H and O–H groups in total. The van der Waals surface area contributed by atoms with Crippen LogP contribution in [0.1, 0.15) is 24.0 Å². The Morgan fingerprint density at radius 1 is 1.50 bits per heavy atom. The summed E-state index contributed by atoms with van der Waals surface area (Å²) in [5.41, 5.74) is 2.14. The molecule has 12 heavy (non-hydrogen) atoms. The van der Waals surface area contributed by atoms with Crippen LogP contribution in [0.4, 0.5) is 0 Å². The van der Waals surface area contributed by atoms with Gasteiger partial charge in [-0.05, 0) is 37.1 Å². The van der Waals surface area contributed by atoms with Gasteiger partial charge in [0.05, 0.1) is 12.0 Å². The Kier molecular flexibility index (Phi) is 2.73. The molecular formula is C10H10ClN. The minimum atomic E-state index is -0.0535. The molecule has 1 atom stereocenters.